The van der Waals surface area contributed by atoms with Crippen LogP contribution in [0.2, 0.25) is 5.02 Å². The van der Waals surface area contributed by atoms with Gasteiger partial charge in [0.25, 0.3) is 0 Å². The van der Waals surface area contributed by atoms with Crippen LogP contribution in [0, 0.1) is 3.57 Å². The first kappa shape index (κ1) is 17.0. The lowest BCUT2D eigenvalue weighted by Gasteiger charge is -2.31. The van der Waals surface area contributed by atoms with Crippen molar-refractivity contribution in [2.75, 3.05) is 32.5 Å². The summed E-state index contributed by atoms with van der Waals surface area (Å²) in [6, 6.07) is 5.33. The van der Waals surface area contributed by atoms with Crippen LogP contribution < -0.4 is 4.90 Å². The predicted molar refractivity (Wildman–Crippen MR) is 88.5 cm³/mol. The molecule has 0 radical (unpaired) electrons. The van der Waals surface area contributed by atoms with Crippen LogP contribution in [0.4, 0.5) is 5.69 Å². The first-order chi connectivity index (χ1) is 10.5. The Hall–Kier alpha value is -1.32. The highest BCUT2D eigenvalue weighted by Crippen LogP contribution is 2.33. The van der Waals surface area contributed by atoms with Gasteiger partial charge in [0.15, 0.2) is 0 Å². The molecular weight excluding hydrogens is 425 g/mol. The molecule has 1 aromatic rings. The molecule has 8 heteroatoms. The van der Waals surface area contributed by atoms with Crippen molar-refractivity contribution >= 4 is 51.8 Å². The standard InChI is InChI=1S/C14H13ClINO5/c1-20-13(18)9-6-22-7-17(12(9)14(19)21-2)11-4-3-8(16)5-10(11)15/h3-5H,6-7H2,1-2H3. The van der Waals surface area contributed by atoms with Gasteiger partial charge in [0.2, 0.25) is 0 Å². The molecule has 1 heterocycles. The van der Waals surface area contributed by atoms with Crippen molar-refractivity contribution in [3.05, 3.63) is 38.1 Å². The van der Waals surface area contributed by atoms with E-state index in [1.807, 2.05) is 6.07 Å². The lowest BCUT2D eigenvalue weighted by atomic mass is 10.1. The van der Waals surface area contributed by atoms with Crippen LogP contribution >= 0.6 is 34.2 Å². The number of methoxy groups -OCH3 is 2. The van der Waals surface area contributed by atoms with E-state index in [9.17, 15) is 9.59 Å². The van der Waals surface area contributed by atoms with Gasteiger partial charge in [-0.05, 0) is 40.8 Å². The van der Waals surface area contributed by atoms with E-state index in [1.165, 1.54) is 19.1 Å². The van der Waals surface area contributed by atoms with Crippen LogP contribution in [-0.4, -0.2) is 39.5 Å². The third kappa shape index (κ3) is 3.36. The SMILES string of the molecule is COC(=O)C1=C(C(=O)OC)N(c2ccc(I)cc2Cl)COC1. The number of ether oxygens (including phenoxy) is 3. The fourth-order valence-electron chi connectivity index (χ4n) is 2.03. The molecule has 1 aliphatic rings. The van der Waals surface area contributed by atoms with E-state index in [2.05, 4.69) is 22.6 Å². The number of esters is 2. The molecule has 0 saturated carbocycles. The molecule has 2 rings (SSSR count). The maximum absolute atomic E-state index is 12.1. The Morgan fingerprint density at radius 3 is 2.55 bits per heavy atom. The minimum absolute atomic E-state index is 0.0321. The predicted octanol–water partition coefficient (Wildman–Crippen LogP) is 2.34. The number of carbonyl (C=O) groups is 2. The topological polar surface area (TPSA) is 65.1 Å². The molecule has 0 N–H and O–H groups in total. The summed E-state index contributed by atoms with van der Waals surface area (Å²) in [7, 11) is 2.48. The number of benzene rings is 1. The van der Waals surface area contributed by atoms with Crippen molar-refractivity contribution in [2.24, 2.45) is 0 Å². The monoisotopic (exact) mass is 437 g/mol. The number of nitrogens with zero attached hydrogens (tertiary/aromatic N) is 1. The second-order valence-electron chi connectivity index (χ2n) is 4.31. The molecule has 0 bridgehead atoms. The Kier molecular flexibility index (Phi) is 5.65. The fourth-order valence-corrected chi connectivity index (χ4v) is 2.99. The van der Waals surface area contributed by atoms with E-state index >= 15 is 0 Å². The summed E-state index contributed by atoms with van der Waals surface area (Å²) in [6.07, 6.45) is 0. The molecule has 118 valence electrons. The molecule has 1 aromatic carbocycles. The Morgan fingerprint density at radius 1 is 1.27 bits per heavy atom. The maximum Gasteiger partial charge on any atom is 0.355 e. The van der Waals surface area contributed by atoms with E-state index in [1.54, 1.807) is 12.1 Å². The molecule has 0 atom stereocenters. The van der Waals surface area contributed by atoms with Crippen molar-refractivity contribution < 1.29 is 23.8 Å². The van der Waals surface area contributed by atoms with Gasteiger partial charge in [0, 0.05) is 3.57 Å². The number of hydrogen-bond acceptors (Lipinski definition) is 6. The van der Waals surface area contributed by atoms with Crippen LogP contribution in [0.3, 0.4) is 0 Å². The van der Waals surface area contributed by atoms with Gasteiger partial charge in [-0.2, -0.15) is 0 Å². The average molecular weight is 438 g/mol. The molecule has 0 fully saturated rings. The number of anilines is 1. The largest absolute Gasteiger partial charge is 0.466 e. The molecule has 6 nitrogen and oxygen atoms in total. The molecular formula is C14H13ClINO5. The van der Waals surface area contributed by atoms with Gasteiger partial charge in [-0.1, -0.05) is 11.6 Å². The number of halogens is 2. The Balaban J connectivity index is 2.57. The summed E-state index contributed by atoms with van der Waals surface area (Å²) in [4.78, 5) is 25.5. The van der Waals surface area contributed by atoms with Crippen LogP contribution in [0.15, 0.2) is 29.5 Å². The zero-order valence-electron chi connectivity index (χ0n) is 11.9. The second-order valence-corrected chi connectivity index (χ2v) is 5.96. The zero-order chi connectivity index (χ0) is 16.3. The van der Waals surface area contributed by atoms with Gasteiger partial charge in [-0.15, -0.1) is 0 Å². The normalized spacial score (nSPS) is 14.8. The van der Waals surface area contributed by atoms with Crippen molar-refractivity contribution in [3.8, 4) is 0 Å². The minimum atomic E-state index is -0.654. The van der Waals surface area contributed by atoms with Gasteiger partial charge in [-0.3, -0.25) is 0 Å². The fraction of sp³-hybridized carbons (Fsp3) is 0.286. The Labute approximate surface area is 146 Å². The van der Waals surface area contributed by atoms with Gasteiger partial charge >= 0.3 is 11.9 Å². The maximum atomic E-state index is 12.1. The smallest absolute Gasteiger partial charge is 0.355 e. The highest BCUT2D eigenvalue weighted by atomic mass is 127. The van der Waals surface area contributed by atoms with Crippen molar-refractivity contribution in [3.63, 3.8) is 0 Å². The molecule has 22 heavy (non-hydrogen) atoms. The number of carbonyl (C=O) groups excluding carboxylic acids is 2. The summed E-state index contributed by atoms with van der Waals surface area (Å²) >= 11 is 8.37. The van der Waals surface area contributed by atoms with Crippen molar-refractivity contribution in [1.82, 2.24) is 0 Å². The zero-order valence-corrected chi connectivity index (χ0v) is 14.8. The summed E-state index contributed by atoms with van der Waals surface area (Å²) in [6.45, 7) is 0.0425. The average Bonchev–Trinajstić information content (AvgIpc) is 2.52. The van der Waals surface area contributed by atoms with E-state index in [0.29, 0.717) is 10.7 Å². The summed E-state index contributed by atoms with van der Waals surface area (Å²) in [5.41, 5.74) is 0.711. The molecule has 0 saturated heterocycles. The Morgan fingerprint density at radius 2 is 1.95 bits per heavy atom. The highest BCUT2D eigenvalue weighted by Gasteiger charge is 2.33. The lowest BCUT2D eigenvalue weighted by Crippen LogP contribution is -2.38. The molecule has 0 unspecified atom stereocenters. The lowest BCUT2D eigenvalue weighted by molar-refractivity contribution is -0.140. The molecule has 0 aromatic heterocycles. The van der Waals surface area contributed by atoms with E-state index < -0.39 is 11.9 Å². The van der Waals surface area contributed by atoms with E-state index in [4.69, 9.17) is 25.8 Å². The third-order valence-electron chi connectivity index (χ3n) is 3.03. The van der Waals surface area contributed by atoms with Crippen LogP contribution in [0.1, 0.15) is 0 Å². The molecule has 0 spiro atoms. The highest BCUT2D eigenvalue weighted by molar-refractivity contribution is 14.1. The Bertz CT molecular complexity index is 646. The van der Waals surface area contributed by atoms with Gasteiger partial charge in [-0.25, -0.2) is 9.59 Å². The first-order valence-corrected chi connectivity index (χ1v) is 7.65. The van der Waals surface area contributed by atoms with Crippen LogP contribution in [0.25, 0.3) is 0 Å². The van der Waals surface area contributed by atoms with Crippen LogP contribution in [-0.2, 0) is 23.8 Å². The van der Waals surface area contributed by atoms with Crippen LogP contribution in [0.5, 0.6) is 0 Å². The van der Waals surface area contributed by atoms with Gasteiger partial charge in [0.05, 0.1) is 37.1 Å². The van der Waals surface area contributed by atoms with Gasteiger partial charge in [0.1, 0.15) is 12.4 Å². The van der Waals surface area contributed by atoms with E-state index in [0.717, 1.165) is 3.57 Å². The van der Waals surface area contributed by atoms with E-state index in [-0.39, 0.29) is 24.6 Å². The first-order valence-electron chi connectivity index (χ1n) is 6.19. The third-order valence-corrected chi connectivity index (χ3v) is 4.01. The van der Waals surface area contributed by atoms with Crippen molar-refractivity contribution in [2.45, 2.75) is 0 Å². The van der Waals surface area contributed by atoms with Crippen molar-refractivity contribution in [1.29, 1.82) is 0 Å². The quantitative estimate of drug-likeness (QED) is 0.534. The second kappa shape index (κ2) is 7.30. The van der Waals surface area contributed by atoms with Gasteiger partial charge < -0.3 is 19.1 Å². The molecule has 0 aliphatic carbocycles. The summed E-state index contributed by atoms with van der Waals surface area (Å²) in [5.74, 6) is -1.30. The summed E-state index contributed by atoms with van der Waals surface area (Å²) < 4.78 is 15.8. The molecule has 0 amide bonds. The summed E-state index contributed by atoms with van der Waals surface area (Å²) in [5, 5.41) is 0.433. The number of hydrogen-bond donors (Lipinski definition) is 0. The number of rotatable bonds is 3. The molecule has 1 aliphatic heterocycles. The minimum Gasteiger partial charge on any atom is -0.466 e.